The number of hydrogen-bond acceptors (Lipinski definition) is 7. The van der Waals surface area contributed by atoms with Gasteiger partial charge in [-0.15, -0.1) is 11.3 Å². The van der Waals surface area contributed by atoms with Crippen molar-refractivity contribution in [1.29, 1.82) is 0 Å². The Kier molecular flexibility index (Phi) is 5.22. The first-order valence-corrected chi connectivity index (χ1v) is 10.3. The Morgan fingerprint density at radius 2 is 2.18 bits per heavy atom. The number of rotatable bonds is 6. The van der Waals surface area contributed by atoms with E-state index in [1.807, 2.05) is 30.5 Å². The van der Waals surface area contributed by atoms with Crippen LogP contribution in [0.25, 0.3) is 16.9 Å². The maximum atomic E-state index is 12.9. The molecule has 0 aliphatic heterocycles. The maximum absolute atomic E-state index is 12.9. The van der Waals surface area contributed by atoms with Gasteiger partial charge in [-0.3, -0.25) is 9.59 Å². The number of aromatic nitrogens is 5. The highest BCUT2D eigenvalue weighted by Crippen LogP contribution is 2.21. The molecule has 3 heterocycles. The third-order valence-electron chi connectivity index (χ3n) is 4.04. The SMILES string of the molecule is C[C@H](NC(=O)CSc1nc2ccccc2c(=O)n1-c1ncn[nH]1)c1cccs1. The quantitative estimate of drug-likeness (QED) is 0.372. The van der Waals surface area contributed by atoms with Crippen LogP contribution in [-0.2, 0) is 4.79 Å². The second-order valence-electron chi connectivity index (χ2n) is 5.95. The lowest BCUT2D eigenvalue weighted by Gasteiger charge is -2.13. The normalized spacial score (nSPS) is 12.2. The number of thiophene rings is 1. The average molecular weight is 413 g/mol. The van der Waals surface area contributed by atoms with E-state index in [-0.39, 0.29) is 29.2 Å². The number of benzene rings is 1. The summed E-state index contributed by atoms with van der Waals surface area (Å²) in [6.45, 7) is 1.94. The maximum Gasteiger partial charge on any atom is 0.269 e. The van der Waals surface area contributed by atoms with Crippen LogP contribution < -0.4 is 10.9 Å². The van der Waals surface area contributed by atoms with Crippen molar-refractivity contribution in [2.75, 3.05) is 5.75 Å². The van der Waals surface area contributed by atoms with Gasteiger partial charge in [-0.25, -0.2) is 14.6 Å². The molecule has 1 amide bonds. The van der Waals surface area contributed by atoms with Crippen molar-refractivity contribution in [2.24, 2.45) is 0 Å². The summed E-state index contributed by atoms with van der Waals surface area (Å²) in [6.07, 6.45) is 1.32. The highest BCUT2D eigenvalue weighted by atomic mass is 32.2. The molecule has 0 aliphatic carbocycles. The molecule has 1 atom stereocenters. The lowest BCUT2D eigenvalue weighted by atomic mass is 10.2. The van der Waals surface area contributed by atoms with Crippen LogP contribution in [0.4, 0.5) is 0 Å². The first-order chi connectivity index (χ1) is 13.6. The fraction of sp³-hybridized carbons (Fsp3) is 0.167. The van der Waals surface area contributed by atoms with Crippen LogP contribution in [0.3, 0.4) is 0 Å². The van der Waals surface area contributed by atoms with E-state index in [1.54, 1.807) is 29.5 Å². The minimum Gasteiger partial charge on any atom is -0.348 e. The van der Waals surface area contributed by atoms with E-state index in [4.69, 9.17) is 0 Å². The van der Waals surface area contributed by atoms with Crippen LogP contribution in [0.5, 0.6) is 0 Å². The molecule has 1 aromatic carbocycles. The average Bonchev–Trinajstić information content (AvgIpc) is 3.40. The highest BCUT2D eigenvalue weighted by molar-refractivity contribution is 7.99. The molecule has 28 heavy (non-hydrogen) atoms. The third-order valence-corrected chi connectivity index (χ3v) is 6.03. The molecular formula is C18H16N6O2S2. The fourth-order valence-corrected chi connectivity index (χ4v) is 4.26. The molecule has 3 aromatic heterocycles. The summed E-state index contributed by atoms with van der Waals surface area (Å²) < 4.78 is 1.34. The summed E-state index contributed by atoms with van der Waals surface area (Å²) in [5.74, 6) is 0.241. The molecule has 8 nitrogen and oxygen atoms in total. The van der Waals surface area contributed by atoms with Crippen LogP contribution >= 0.6 is 23.1 Å². The summed E-state index contributed by atoms with van der Waals surface area (Å²) in [4.78, 5) is 35.0. The van der Waals surface area contributed by atoms with Crippen molar-refractivity contribution < 1.29 is 4.79 Å². The molecule has 0 saturated carbocycles. The van der Waals surface area contributed by atoms with Gasteiger partial charge in [-0.05, 0) is 30.5 Å². The number of carbonyl (C=O) groups is 1. The van der Waals surface area contributed by atoms with Crippen LogP contribution in [0.1, 0.15) is 17.8 Å². The number of nitrogens with one attached hydrogen (secondary N) is 2. The number of thioether (sulfide) groups is 1. The zero-order chi connectivity index (χ0) is 19.5. The van der Waals surface area contributed by atoms with Crippen molar-refractivity contribution in [3.05, 3.63) is 63.3 Å². The summed E-state index contributed by atoms with van der Waals surface area (Å²) in [5, 5.41) is 12.3. The second kappa shape index (κ2) is 7.95. The zero-order valence-corrected chi connectivity index (χ0v) is 16.5. The summed E-state index contributed by atoms with van der Waals surface area (Å²) in [7, 11) is 0. The molecular weight excluding hydrogens is 396 g/mol. The predicted octanol–water partition coefficient (Wildman–Crippen LogP) is 2.53. The van der Waals surface area contributed by atoms with E-state index in [0.29, 0.717) is 16.1 Å². The number of aromatic amines is 1. The lowest BCUT2D eigenvalue weighted by Crippen LogP contribution is -2.28. The Balaban J connectivity index is 1.60. The smallest absolute Gasteiger partial charge is 0.269 e. The summed E-state index contributed by atoms with van der Waals surface area (Å²) >= 11 is 2.77. The molecule has 0 spiro atoms. The van der Waals surface area contributed by atoms with Gasteiger partial charge in [0.2, 0.25) is 11.9 Å². The van der Waals surface area contributed by atoms with Gasteiger partial charge in [-0.1, -0.05) is 30.0 Å². The van der Waals surface area contributed by atoms with Gasteiger partial charge in [0.05, 0.1) is 22.7 Å². The Morgan fingerprint density at radius 1 is 1.32 bits per heavy atom. The number of hydrogen-bond donors (Lipinski definition) is 2. The molecule has 0 saturated heterocycles. The predicted molar refractivity (Wildman–Crippen MR) is 109 cm³/mol. The minimum atomic E-state index is -0.266. The van der Waals surface area contributed by atoms with Crippen molar-refractivity contribution in [2.45, 2.75) is 18.1 Å². The van der Waals surface area contributed by atoms with E-state index < -0.39 is 0 Å². The van der Waals surface area contributed by atoms with Crippen molar-refractivity contribution in [1.82, 2.24) is 30.0 Å². The molecule has 142 valence electrons. The molecule has 0 radical (unpaired) electrons. The number of carbonyl (C=O) groups excluding carboxylic acids is 1. The standard InChI is InChI=1S/C18H16N6O2S2/c1-11(14-7-4-8-27-14)21-15(25)9-28-18-22-13-6-3-2-5-12(13)16(26)24(18)17-19-10-20-23-17/h2-8,10-11H,9H2,1H3,(H,21,25)(H,19,20,23)/t11-/m0/s1. The van der Waals surface area contributed by atoms with E-state index in [2.05, 4.69) is 25.5 Å². The molecule has 4 aromatic rings. The first kappa shape index (κ1) is 18.4. The Bertz CT molecular complexity index is 1150. The van der Waals surface area contributed by atoms with Crippen LogP contribution in [-0.4, -0.2) is 36.4 Å². The highest BCUT2D eigenvalue weighted by Gasteiger charge is 2.17. The lowest BCUT2D eigenvalue weighted by molar-refractivity contribution is -0.119. The number of amides is 1. The molecule has 4 rings (SSSR count). The van der Waals surface area contributed by atoms with Crippen molar-refractivity contribution in [3.8, 4) is 5.95 Å². The van der Waals surface area contributed by atoms with Gasteiger partial charge in [0.25, 0.3) is 5.56 Å². The molecule has 0 unspecified atom stereocenters. The number of fused-ring (bicyclic) bond motifs is 1. The topological polar surface area (TPSA) is 106 Å². The zero-order valence-electron chi connectivity index (χ0n) is 14.8. The van der Waals surface area contributed by atoms with E-state index in [0.717, 1.165) is 4.88 Å². The summed E-state index contributed by atoms with van der Waals surface area (Å²) in [6, 6.07) is 10.9. The van der Waals surface area contributed by atoms with E-state index >= 15 is 0 Å². The molecule has 10 heteroatoms. The second-order valence-corrected chi connectivity index (χ2v) is 7.88. The molecule has 2 N–H and O–H groups in total. The number of H-pyrrole nitrogens is 1. The molecule has 0 bridgehead atoms. The Morgan fingerprint density at radius 3 is 2.93 bits per heavy atom. The van der Waals surface area contributed by atoms with Crippen LogP contribution in [0.2, 0.25) is 0 Å². The van der Waals surface area contributed by atoms with Gasteiger partial charge < -0.3 is 5.32 Å². The minimum absolute atomic E-state index is 0.0749. The number of nitrogens with zero attached hydrogens (tertiary/aromatic N) is 4. The van der Waals surface area contributed by atoms with E-state index in [9.17, 15) is 9.59 Å². The Labute approximate surface area is 168 Å². The molecule has 0 aliphatic rings. The monoisotopic (exact) mass is 412 g/mol. The van der Waals surface area contributed by atoms with E-state index in [1.165, 1.54) is 22.7 Å². The third kappa shape index (κ3) is 3.69. The van der Waals surface area contributed by atoms with Gasteiger partial charge in [0, 0.05) is 4.88 Å². The van der Waals surface area contributed by atoms with Gasteiger partial charge in [-0.2, -0.15) is 10.1 Å². The van der Waals surface area contributed by atoms with Crippen molar-refractivity contribution in [3.63, 3.8) is 0 Å². The first-order valence-electron chi connectivity index (χ1n) is 8.46. The van der Waals surface area contributed by atoms with Gasteiger partial charge >= 0.3 is 0 Å². The number of para-hydroxylation sites is 1. The van der Waals surface area contributed by atoms with Gasteiger partial charge in [0.15, 0.2) is 5.16 Å². The Hall–Kier alpha value is -2.98. The fourth-order valence-electron chi connectivity index (χ4n) is 2.72. The summed E-state index contributed by atoms with van der Waals surface area (Å²) in [5.41, 5.74) is 0.301. The molecule has 0 fully saturated rings. The van der Waals surface area contributed by atoms with Crippen LogP contribution in [0, 0.1) is 0 Å². The van der Waals surface area contributed by atoms with Gasteiger partial charge in [0.1, 0.15) is 6.33 Å². The van der Waals surface area contributed by atoms with Crippen molar-refractivity contribution >= 4 is 39.9 Å². The largest absolute Gasteiger partial charge is 0.348 e. The van der Waals surface area contributed by atoms with Crippen LogP contribution in [0.15, 0.2) is 58.1 Å².